The van der Waals surface area contributed by atoms with Crippen LogP contribution in [-0.2, 0) is 9.59 Å². The number of benzene rings is 1. The Bertz CT molecular complexity index is 944. The summed E-state index contributed by atoms with van der Waals surface area (Å²) < 4.78 is 0. The van der Waals surface area contributed by atoms with Crippen LogP contribution in [0.2, 0.25) is 0 Å². The highest BCUT2D eigenvalue weighted by Crippen LogP contribution is 2.32. The largest absolute Gasteiger partial charge is 0.356 e. The molecule has 2 atom stereocenters. The van der Waals surface area contributed by atoms with Gasteiger partial charge in [0, 0.05) is 47.9 Å². The van der Waals surface area contributed by atoms with E-state index in [1.807, 2.05) is 0 Å². The summed E-state index contributed by atoms with van der Waals surface area (Å²) in [6, 6.07) is 6.90. The molecule has 0 spiro atoms. The molecule has 3 N–H and O–H groups in total. The lowest BCUT2D eigenvalue weighted by Gasteiger charge is -2.28. The van der Waals surface area contributed by atoms with Crippen molar-refractivity contribution in [2.24, 2.45) is 10.8 Å². The van der Waals surface area contributed by atoms with Crippen LogP contribution in [0.3, 0.4) is 0 Å². The normalized spacial score (nSPS) is 13.9. The average Bonchev–Trinajstić information content (AvgIpc) is 3.05. The van der Waals surface area contributed by atoms with E-state index in [1.54, 1.807) is 24.3 Å². The van der Waals surface area contributed by atoms with Gasteiger partial charge in [0.05, 0.1) is 0 Å². The van der Waals surface area contributed by atoms with Crippen LogP contribution in [0.15, 0.2) is 24.3 Å². The number of nitrogens with one attached hydrogen (secondary N) is 3. The van der Waals surface area contributed by atoms with E-state index in [2.05, 4.69) is 57.5 Å². The van der Waals surface area contributed by atoms with E-state index in [9.17, 15) is 19.2 Å². The second kappa shape index (κ2) is 23.7. The molecular weight excluding hydrogens is 574 g/mol. The van der Waals surface area contributed by atoms with E-state index >= 15 is 0 Å². The SMILES string of the molecule is CCCCC(C)(CCC)C(=O)CCCNCCCC(=O)c1ccc(C(=O)NCCCCCNC(=O)C(C)(CCC)CCCC)cc1. The summed E-state index contributed by atoms with van der Waals surface area (Å²) in [5, 5.41) is 9.47. The molecule has 0 bridgehead atoms. The van der Waals surface area contributed by atoms with Crippen molar-refractivity contribution in [2.45, 2.75) is 151 Å². The van der Waals surface area contributed by atoms with Crippen LogP contribution in [0.4, 0.5) is 0 Å². The van der Waals surface area contributed by atoms with Crippen molar-refractivity contribution >= 4 is 23.4 Å². The Balaban J connectivity index is 2.25. The van der Waals surface area contributed by atoms with Crippen LogP contribution in [-0.4, -0.2) is 49.6 Å². The lowest BCUT2D eigenvalue weighted by Crippen LogP contribution is -2.39. The maximum absolute atomic E-state index is 12.8. The Morgan fingerprint density at radius 2 is 1.07 bits per heavy atom. The summed E-state index contributed by atoms with van der Waals surface area (Å²) in [7, 11) is 0. The number of amides is 2. The molecular formula is C39H67N3O4. The Hall–Kier alpha value is -2.54. The minimum absolute atomic E-state index is 0.0719. The van der Waals surface area contributed by atoms with Gasteiger partial charge in [-0.3, -0.25) is 19.2 Å². The van der Waals surface area contributed by atoms with Crippen molar-refractivity contribution in [1.82, 2.24) is 16.0 Å². The quantitative estimate of drug-likeness (QED) is 0.0628. The van der Waals surface area contributed by atoms with Gasteiger partial charge in [0.25, 0.3) is 5.91 Å². The molecule has 2 unspecified atom stereocenters. The second-order valence-electron chi connectivity index (χ2n) is 13.8. The van der Waals surface area contributed by atoms with E-state index < -0.39 is 0 Å². The average molecular weight is 642 g/mol. The van der Waals surface area contributed by atoms with E-state index in [0.717, 1.165) is 109 Å². The van der Waals surface area contributed by atoms with Gasteiger partial charge >= 0.3 is 0 Å². The first-order valence-corrected chi connectivity index (χ1v) is 18.5. The number of Topliss-reactive ketones (excluding diaryl/α,β-unsaturated/α-hetero) is 2. The van der Waals surface area contributed by atoms with Crippen molar-refractivity contribution in [3.63, 3.8) is 0 Å². The van der Waals surface area contributed by atoms with Gasteiger partial charge in [-0.1, -0.05) is 92.2 Å². The third-order valence-corrected chi connectivity index (χ3v) is 9.40. The molecule has 1 aromatic rings. The molecule has 0 radical (unpaired) electrons. The van der Waals surface area contributed by atoms with E-state index in [-0.39, 0.29) is 28.4 Å². The van der Waals surface area contributed by atoms with Gasteiger partial charge in [0.15, 0.2) is 5.78 Å². The molecule has 262 valence electrons. The monoisotopic (exact) mass is 642 g/mol. The minimum Gasteiger partial charge on any atom is -0.356 e. The molecule has 0 aromatic heterocycles. The van der Waals surface area contributed by atoms with Crippen LogP contribution < -0.4 is 16.0 Å². The Labute approximate surface area is 281 Å². The number of hydrogen-bond acceptors (Lipinski definition) is 5. The Morgan fingerprint density at radius 1 is 0.543 bits per heavy atom. The number of carbonyl (C=O) groups is 4. The molecule has 0 heterocycles. The summed E-state index contributed by atoms with van der Waals surface area (Å²) in [5.74, 6) is 0.494. The van der Waals surface area contributed by atoms with Gasteiger partial charge in [0.1, 0.15) is 5.78 Å². The van der Waals surface area contributed by atoms with Gasteiger partial charge in [0.2, 0.25) is 5.91 Å². The Kier molecular flexibility index (Phi) is 21.4. The fraction of sp³-hybridized carbons (Fsp3) is 0.744. The number of rotatable bonds is 28. The number of unbranched alkanes of at least 4 members (excludes halogenated alkanes) is 4. The van der Waals surface area contributed by atoms with Crippen LogP contribution in [0.5, 0.6) is 0 Å². The first kappa shape index (κ1) is 41.5. The molecule has 0 fully saturated rings. The van der Waals surface area contributed by atoms with Crippen molar-refractivity contribution in [3.8, 4) is 0 Å². The molecule has 0 aliphatic rings. The van der Waals surface area contributed by atoms with Crippen LogP contribution >= 0.6 is 0 Å². The van der Waals surface area contributed by atoms with Crippen molar-refractivity contribution < 1.29 is 19.2 Å². The number of ketones is 2. The van der Waals surface area contributed by atoms with Gasteiger partial charge < -0.3 is 16.0 Å². The minimum atomic E-state index is -0.274. The molecule has 7 heteroatoms. The predicted octanol–water partition coefficient (Wildman–Crippen LogP) is 8.60. The zero-order chi connectivity index (χ0) is 34.3. The maximum atomic E-state index is 12.8. The fourth-order valence-corrected chi connectivity index (χ4v) is 6.27. The zero-order valence-electron chi connectivity index (χ0n) is 30.3. The highest BCUT2D eigenvalue weighted by molar-refractivity contribution is 5.98. The van der Waals surface area contributed by atoms with Crippen LogP contribution in [0, 0.1) is 10.8 Å². The van der Waals surface area contributed by atoms with Crippen LogP contribution in [0.25, 0.3) is 0 Å². The van der Waals surface area contributed by atoms with Gasteiger partial charge in [-0.15, -0.1) is 0 Å². The van der Waals surface area contributed by atoms with Crippen molar-refractivity contribution in [3.05, 3.63) is 35.4 Å². The zero-order valence-corrected chi connectivity index (χ0v) is 30.3. The maximum Gasteiger partial charge on any atom is 0.251 e. The topological polar surface area (TPSA) is 104 Å². The van der Waals surface area contributed by atoms with E-state index in [0.29, 0.717) is 42.8 Å². The third-order valence-electron chi connectivity index (χ3n) is 9.40. The highest BCUT2D eigenvalue weighted by Gasteiger charge is 2.31. The summed E-state index contributed by atoms with van der Waals surface area (Å²) in [4.78, 5) is 50.8. The molecule has 0 aliphatic carbocycles. The summed E-state index contributed by atoms with van der Waals surface area (Å²) in [6.45, 7) is 15.6. The summed E-state index contributed by atoms with van der Waals surface area (Å²) in [5.41, 5.74) is 0.714. The predicted molar refractivity (Wildman–Crippen MR) is 191 cm³/mol. The van der Waals surface area contributed by atoms with E-state index in [1.165, 1.54) is 0 Å². The van der Waals surface area contributed by atoms with Gasteiger partial charge in [-0.2, -0.15) is 0 Å². The molecule has 2 amide bonds. The number of hydrogen-bond donors (Lipinski definition) is 3. The highest BCUT2D eigenvalue weighted by atomic mass is 16.2. The first-order valence-electron chi connectivity index (χ1n) is 18.5. The number of carbonyl (C=O) groups excluding carboxylic acids is 4. The van der Waals surface area contributed by atoms with Gasteiger partial charge in [-0.25, -0.2) is 0 Å². The molecule has 1 aromatic carbocycles. The van der Waals surface area contributed by atoms with Crippen LogP contribution in [0.1, 0.15) is 171 Å². The molecule has 0 saturated heterocycles. The fourth-order valence-electron chi connectivity index (χ4n) is 6.27. The second-order valence-corrected chi connectivity index (χ2v) is 13.8. The lowest BCUT2D eigenvalue weighted by molar-refractivity contribution is -0.131. The molecule has 1 rings (SSSR count). The van der Waals surface area contributed by atoms with Crippen molar-refractivity contribution in [2.75, 3.05) is 26.2 Å². The molecule has 46 heavy (non-hydrogen) atoms. The van der Waals surface area contributed by atoms with E-state index in [4.69, 9.17) is 0 Å². The first-order chi connectivity index (χ1) is 22.1. The van der Waals surface area contributed by atoms with Crippen molar-refractivity contribution in [1.29, 1.82) is 0 Å². The summed E-state index contributed by atoms with van der Waals surface area (Å²) in [6.07, 6.45) is 15.5. The molecule has 0 saturated carbocycles. The molecule has 7 nitrogen and oxygen atoms in total. The smallest absolute Gasteiger partial charge is 0.251 e. The lowest BCUT2D eigenvalue weighted by atomic mass is 9.75. The molecule has 0 aliphatic heterocycles. The summed E-state index contributed by atoms with van der Waals surface area (Å²) >= 11 is 0. The third kappa shape index (κ3) is 15.8. The Morgan fingerprint density at radius 3 is 1.65 bits per heavy atom. The standard InChI is InChI=1S/C39H67N3O4/c1-7-11-26-38(5,24-9-3)35(44)19-17-29-40-28-16-18-34(43)32-20-22-33(23-21-32)36(45)41-30-14-13-15-31-42-37(46)39(6,25-10-4)27-12-8-2/h20-23,40H,7-19,24-31H2,1-6H3,(H,41,45)(H,42,46). The van der Waals surface area contributed by atoms with Gasteiger partial charge in [-0.05, 0) is 83.0 Å².